The number of H-pyrrole nitrogens is 1. The molecular formula is C21H23N5OS. The predicted molar refractivity (Wildman–Crippen MR) is 114 cm³/mol. The van der Waals surface area contributed by atoms with E-state index in [9.17, 15) is 4.79 Å². The summed E-state index contributed by atoms with van der Waals surface area (Å²) in [5, 5.41) is 0.981. The van der Waals surface area contributed by atoms with Crippen molar-refractivity contribution >= 4 is 34.5 Å². The Kier molecular flexibility index (Phi) is 5.34. The van der Waals surface area contributed by atoms with Crippen molar-refractivity contribution in [2.24, 2.45) is 5.73 Å². The lowest BCUT2D eigenvalue weighted by Crippen LogP contribution is -2.28. The number of hydrogen-bond donors (Lipinski definition) is 2. The molecule has 5 rings (SSSR count). The first-order valence-corrected chi connectivity index (χ1v) is 10.4. The molecule has 6 nitrogen and oxygen atoms in total. The number of carbonyl (C=O) groups excluding carboxylic acids is 1. The fourth-order valence-electron chi connectivity index (χ4n) is 3.63. The minimum Gasteiger partial charge on any atom is -0.365 e. The smallest absolute Gasteiger partial charge is 0.256 e. The molecule has 7 heteroatoms. The van der Waals surface area contributed by atoms with E-state index in [1.54, 1.807) is 17.3 Å². The summed E-state index contributed by atoms with van der Waals surface area (Å²) in [5.74, 6) is 1.22. The SMILES string of the molecule is Cc1c[nH]c2ncnc(N3C=C(C(N)=O)SCC3)c12.c1ccc2c(c1)CCC2. The zero-order chi connectivity index (χ0) is 19.5. The van der Waals surface area contributed by atoms with Gasteiger partial charge in [0.2, 0.25) is 0 Å². The second-order valence-corrected chi connectivity index (χ2v) is 8.05. The van der Waals surface area contributed by atoms with Gasteiger partial charge in [-0.15, -0.1) is 11.8 Å². The Hall–Kier alpha value is -2.80. The lowest BCUT2D eigenvalue weighted by atomic mass is 10.1. The molecule has 3 heterocycles. The summed E-state index contributed by atoms with van der Waals surface area (Å²) in [5.41, 5.74) is 10.4. The van der Waals surface area contributed by atoms with Gasteiger partial charge < -0.3 is 15.6 Å². The van der Waals surface area contributed by atoms with Gasteiger partial charge in [0.25, 0.3) is 5.91 Å². The van der Waals surface area contributed by atoms with Crippen LogP contribution >= 0.6 is 11.8 Å². The molecule has 3 N–H and O–H groups in total. The Morgan fingerprint density at radius 1 is 1.21 bits per heavy atom. The summed E-state index contributed by atoms with van der Waals surface area (Å²) < 4.78 is 0. The van der Waals surface area contributed by atoms with Crippen molar-refractivity contribution in [3.05, 3.63) is 64.6 Å². The molecule has 1 amide bonds. The van der Waals surface area contributed by atoms with E-state index in [4.69, 9.17) is 5.73 Å². The number of rotatable bonds is 2. The number of benzene rings is 1. The van der Waals surface area contributed by atoms with E-state index in [1.165, 1.54) is 37.4 Å². The minimum absolute atomic E-state index is 0.397. The van der Waals surface area contributed by atoms with Crippen LogP contribution in [0.2, 0.25) is 0 Å². The van der Waals surface area contributed by atoms with Crippen LogP contribution in [0, 0.1) is 6.92 Å². The van der Waals surface area contributed by atoms with Gasteiger partial charge in [0, 0.05) is 24.7 Å². The highest BCUT2D eigenvalue weighted by molar-refractivity contribution is 8.04. The molecule has 3 aromatic rings. The van der Waals surface area contributed by atoms with Crippen molar-refractivity contribution in [3.63, 3.8) is 0 Å². The quantitative estimate of drug-likeness (QED) is 0.697. The van der Waals surface area contributed by atoms with Crippen LogP contribution in [0.25, 0.3) is 11.0 Å². The predicted octanol–water partition coefficient (Wildman–Crippen LogP) is 3.32. The summed E-state index contributed by atoms with van der Waals surface area (Å²) >= 11 is 1.48. The van der Waals surface area contributed by atoms with Gasteiger partial charge in [-0.3, -0.25) is 4.79 Å². The number of anilines is 1. The highest BCUT2D eigenvalue weighted by atomic mass is 32.2. The van der Waals surface area contributed by atoms with Crippen LogP contribution < -0.4 is 10.6 Å². The van der Waals surface area contributed by atoms with Crippen LogP contribution in [-0.2, 0) is 17.6 Å². The normalized spacial score (nSPS) is 15.6. The van der Waals surface area contributed by atoms with Crippen LogP contribution in [0.1, 0.15) is 23.1 Å². The van der Waals surface area contributed by atoms with Gasteiger partial charge >= 0.3 is 0 Å². The van der Waals surface area contributed by atoms with Gasteiger partial charge in [-0.1, -0.05) is 24.3 Å². The van der Waals surface area contributed by atoms with Crippen LogP contribution in [0.5, 0.6) is 0 Å². The van der Waals surface area contributed by atoms with Crippen molar-refractivity contribution < 1.29 is 4.79 Å². The Bertz CT molecular complexity index is 1020. The third-order valence-electron chi connectivity index (χ3n) is 5.04. The number of nitrogens with two attached hydrogens (primary N) is 1. The van der Waals surface area contributed by atoms with Crippen LogP contribution in [-0.4, -0.2) is 33.2 Å². The number of nitrogens with one attached hydrogen (secondary N) is 1. The molecular weight excluding hydrogens is 370 g/mol. The van der Waals surface area contributed by atoms with Crippen LogP contribution in [0.4, 0.5) is 5.82 Å². The number of amides is 1. The molecule has 1 aromatic carbocycles. The lowest BCUT2D eigenvalue weighted by molar-refractivity contribution is -0.113. The molecule has 0 fully saturated rings. The molecule has 0 atom stereocenters. The molecule has 0 saturated heterocycles. The number of aromatic nitrogens is 3. The molecule has 0 bridgehead atoms. The maximum Gasteiger partial charge on any atom is 0.256 e. The molecule has 1 aliphatic carbocycles. The Morgan fingerprint density at radius 3 is 2.68 bits per heavy atom. The average Bonchev–Trinajstić information content (AvgIpc) is 3.35. The molecule has 0 unspecified atom stereocenters. The van der Waals surface area contributed by atoms with Gasteiger partial charge in [-0.2, -0.15) is 0 Å². The van der Waals surface area contributed by atoms with Gasteiger partial charge in [-0.05, 0) is 42.9 Å². The van der Waals surface area contributed by atoms with Gasteiger partial charge in [0.1, 0.15) is 17.8 Å². The summed E-state index contributed by atoms with van der Waals surface area (Å²) in [6, 6.07) is 8.74. The zero-order valence-electron chi connectivity index (χ0n) is 15.8. The van der Waals surface area contributed by atoms with E-state index in [0.29, 0.717) is 4.91 Å². The highest BCUT2D eigenvalue weighted by Crippen LogP contribution is 2.30. The topological polar surface area (TPSA) is 87.9 Å². The second kappa shape index (κ2) is 8.06. The fraction of sp³-hybridized carbons (Fsp3) is 0.286. The molecule has 0 spiro atoms. The first-order valence-electron chi connectivity index (χ1n) is 9.40. The Morgan fingerprint density at radius 2 is 1.96 bits per heavy atom. The molecule has 0 radical (unpaired) electrons. The van der Waals surface area contributed by atoms with E-state index in [-0.39, 0.29) is 0 Å². The zero-order valence-corrected chi connectivity index (χ0v) is 16.6. The van der Waals surface area contributed by atoms with Crippen molar-refractivity contribution in [3.8, 4) is 0 Å². The van der Waals surface area contributed by atoms with Crippen molar-refractivity contribution in [1.29, 1.82) is 0 Å². The summed E-state index contributed by atoms with van der Waals surface area (Å²) in [6.07, 6.45) is 9.16. The third kappa shape index (κ3) is 3.75. The van der Waals surface area contributed by atoms with Gasteiger partial charge in [-0.25, -0.2) is 9.97 Å². The minimum atomic E-state index is -0.397. The maximum absolute atomic E-state index is 11.3. The van der Waals surface area contributed by atoms with E-state index >= 15 is 0 Å². The van der Waals surface area contributed by atoms with Crippen molar-refractivity contribution in [2.45, 2.75) is 26.2 Å². The summed E-state index contributed by atoms with van der Waals surface area (Å²) in [4.78, 5) is 25.5. The summed E-state index contributed by atoms with van der Waals surface area (Å²) in [7, 11) is 0. The van der Waals surface area contributed by atoms with E-state index in [1.807, 2.05) is 18.0 Å². The van der Waals surface area contributed by atoms with E-state index in [2.05, 4.69) is 39.2 Å². The second-order valence-electron chi connectivity index (χ2n) is 6.91. The van der Waals surface area contributed by atoms with Crippen molar-refractivity contribution in [1.82, 2.24) is 15.0 Å². The van der Waals surface area contributed by atoms with Gasteiger partial charge in [0.05, 0.1) is 10.3 Å². The number of aryl methyl sites for hydroxylation is 3. The van der Waals surface area contributed by atoms with Crippen molar-refractivity contribution in [2.75, 3.05) is 17.2 Å². The molecule has 28 heavy (non-hydrogen) atoms. The Labute approximate surface area is 168 Å². The molecule has 1 aliphatic heterocycles. The monoisotopic (exact) mass is 393 g/mol. The largest absolute Gasteiger partial charge is 0.365 e. The fourth-order valence-corrected chi connectivity index (χ4v) is 4.48. The number of fused-ring (bicyclic) bond motifs is 2. The number of primary amides is 1. The first kappa shape index (κ1) is 18.6. The van der Waals surface area contributed by atoms with Gasteiger partial charge in [0.15, 0.2) is 0 Å². The average molecular weight is 394 g/mol. The number of carbonyl (C=O) groups is 1. The standard InChI is InChI=1S/C12H13N5OS.C9H10/c1-7-4-14-11-9(7)12(16-6-15-11)17-2-3-19-8(5-17)10(13)18;1-2-5-9-7-3-6-8(9)4-1/h4-6H,2-3H2,1H3,(H2,13,18)(H,14,15,16);1-2,4-5H,3,6-7H2. The number of nitrogens with zero attached hydrogens (tertiary/aromatic N) is 3. The molecule has 0 saturated carbocycles. The number of thioether (sulfide) groups is 1. The molecule has 144 valence electrons. The third-order valence-corrected chi connectivity index (χ3v) is 6.04. The van der Waals surface area contributed by atoms with E-state index in [0.717, 1.165) is 34.7 Å². The number of hydrogen-bond acceptors (Lipinski definition) is 5. The Balaban J connectivity index is 0.000000177. The number of aromatic amines is 1. The first-order chi connectivity index (χ1) is 13.6. The molecule has 2 aliphatic rings. The molecule has 2 aromatic heterocycles. The summed E-state index contributed by atoms with van der Waals surface area (Å²) in [6.45, 7) is 2.79. The van der Waals surface area contributed by atoms with Crippen LogP contribution in [0.3, 0.4) is 0 Å². The van der Waals surface area contributed by atoms with E-state index < -0.39 is 5.91 Å². The maximum atomic E-state index is 11.3. The highest BCUT2D eigenvalue weighted by Gasteiger charge is 2.19. The lowest BCUT2D eigenvalue weighted by Gasteiger charge is -2.25. The van der Waals surface area contributed by atoms with Crippen LogP contribution in [0.15, 0.2) is 47.9 Å².